The zero-order chi connectivity index (χ0) is 15.2. The van der Waals surface area contributed by atoms with E-state index in [9.17, 15) is 4.79 Å². The number of nitrogens with one attached hydrogen (secondary N) is 2. The molecule has 22 heavy (non-hydrogen) atoms. The second-order valence-electron chi connectivity index (χ2n) is 5.30. The van der Waals surface area contributed by atoms with Crippen molar-refractivity contribution in [2.24, 2.45) is 0 Å². The molecular formula is C17H19N3OS. The van der Waals surface area contributed by atoms with E-state index >= 15 is 0 Å². The first-order chi connectivity index (χ1) is 10.8. The molecule has 0 spiro atoms. The second kappa shape index (κ2) is 7.42. The number of aromatic nitrogens is 1. The molecule has 2 aromatic rings. The monoisotopic (exact) mass is 313 g/mol. The van der Waals surface area contributed by atoms with Gasteiger partial charge in [0.1, 0.15) is 0 Å². The molecular weight excluding hydrogens is 294 g/mol. The Bertz CT molecular complexity index is 646. The Kier molecular flexibility index (Phi) is 5.08. The maximum Gasteiger partial charge on any atom is 0.230 e. The van der Waals surface area contributed by atoms with Crippen molar-refractivity contribution in [1.82, 2.24) is 15.6 Å². The number of hydrogen-bond acceptors (Lipinski definition) is 4. The molecule has 1 aromatic heterocycles. The van der Waals surface area contributed by atoms with Crippen LogP contribution in [0.3, 0.4) is 0 Å². The highest BCUT2D eigenvalue weighted by atomic mass is 32.2. The quantitative estimate of drug-likeness (QED) is 0.859. The smallest absolute Gasteiger partial charge is 0.230 e. The van der Waals surface area contributed by atoms with Crippen LogP contribution in [0.4, 0.5) is 0 Å². The van der Waals surface area contributed by atoms with Gasteiger partial charge in [-0.3, -0.25) is 9.78 Å². The van der Waals surface area contributed by atoms with Crippen LogP contribution < -0.4 is 10.6 Å². The molecule has 0 radical (unpaired) electrons. The molecule has 0 saturated carbocycles. The van der Waals surface area contributed by atoms with Crippen molar-refractivity contribution in [1.29, 1.82) is 0 Å². The van der Waals surface area contributed by atoms with Gasteiger partial charge in [0.15, 0.2) is 0 Å². The van der Waals surface area contributed by atoms with Crippen molar-refractivity contribution in [3.05, 3.63) is 65.0 Å². The normalized spacial score (nSPS) is 12.9. The molecule has 0 atom stereocenters. The van der Waals surface area contributed by atoms with E-state index in [4.69, 9.17) is 0 Å². The third-order valence-corrected chi connectivity index (χ3v) is 4.57. The molecule has 0 aliphatic carbocycles. The van der Waals surface area contributed by atoms with E-state index in [0.717, 1.165) is 30.1 Å². The second-order valence-corrected chi connectivity index (χ2v) is 6.28. The highest BCUT2D eigenvalue weighted by molar-refractivity contribution is 7.99. The van der Waals surface area contributed by atoms with Gasteiger partial charge in [-0.05, 0) is 28.8 Å². The minimum atomic E-state index is 0.0690. The van der Waals surface area contributed by atoms with Crippen LogP contribution in [0.2, 0.25) is 0 Å². The molecule has 114 valence electrons. The van der Waals surface area contributed by atoms with E-state index < -0.39 is 0 Å². The van der Waals surface area contributed by atoms with Gasteiger partial charge in [0.2, 0.25) is 5.91 Å². The summed E-state index contributed by atoms with van der Waals surface area (Å²) in [4.78, 5) is 16.1. The predicted octanol–water partition coefficient (Wildman–Crippen LogP) is 2.23. The Morgan fingerprint density at radius 1 is 1.23 bits per heavy atom. The summed E-state index contributed by atoms with van der Waals surface area (Å²) < 4.78 is 0. The van der Waals surface area contributed by atoms with Gasteiger partial charge < -0.3 is 10.6 Å². The van der Waals surface area contributed by atoms with Gasteiger partial charge in [0.25, 0.3) is 0 Å². The van der Waals surface area contributed by atoms with Crippen LogP contribution >= 0.6 is 11.8 Å². The fourth-order valence-electron chi connectivity index (χ4n) is 2.44. The highest BCUT2D eigenvalue weighted by Gasteiger charge is 2.10. The average molecular weight is 313 g/mol. The average Bonchev–Trinajstić information content (AvgIpc) is 3.01. The molecule has 4 nitrogen and oxygen atoms in total. The molecule has 0 fully saturated rings. The van der Waals surface area contributed by atoms with Crippen molar-refractivity contribution >= 4 is 17.7 Å². The maximum atomic E-state index is 11.9. The number of hydrogen-bond donors (Lipinski definition) is 2. The number of amides is 1. The molecule has 3 rings (SSSR count). The summed E-state index contributed by atoms with van der Waals surface area (Å²) in [5, 5.41) is 6.30. The summed E-state index contributed by atoms with van der Waals surface area (Å²) in [5.74, 6) is 1.29. The summed E-state index contributed by atoms with van der Waals surface area (Å²) in [6, 6.07) is 12.2. The first-order valence-electron chi connectivity index (χ1n) is 7.37. The lowest BCUT2D eigenvalue weighted by molar-refractivity contribution is -0.118. The Hall–Kier alpha value is -1.85. The molecule has 5 heteroatoms. The Morgan fingerprint density at radius 2 is 2.14 bits per heavy atom. The van der Waals surface area contributed by atoms with Gasteiger partial charge >= 0.3 is 0 Å². The Morgan fingerprint density at radius 3 is 3.00 bits per heavy atom. The molecule has 1 aliphatic rings. The molecule has 0 unspecified atom stereocenters. The van der Waals surface area contributed by atoms with Crippen molar-refractivity contribution < 1.29 is 4.79 Å². The van der Waals surface area contributed by atoms with Crippen molar-refractivity contribution in [2.75, 3.05) is 5.75 Å². The lowest BCUT2D eigenvalue weighted by Crippen LogP contribution is -2.24. The number of carbonyl (C=O) groups excluding carboxylic acids is 1. The number of nitrogens with zero attached hydrogens (tertiary/aromatic N) is 1. The standard InChI is InChI=1S/C17H19N3OS/c21-17(12-22-11-16-3-1-2-6-19-16)20-8-13-4-5-14-9-18-10-15(14)7-13/h1-7,18H,8-12H2,(H,20,21). The molecule has 1 aliphatic heterocycles. The van der Waals surface area contributed by atoms with Gasteiger partial charge in [-0.15, -0.1) is 11.8 Å². The predicted molar refractivity (Wildman–Crippen MR) is 89.2 cm³/mol. The van der Waals surface area contributed by atoms with E-state index in [1.165, 1.54) is 11.1 Å². The van der Waals surface area contributed by atoms with Crippen LogP contribution in [0.1, 0.15) is 22.4 Å². The fraction of sp³-hybridized carbons (Fsp3) is 0.294. The molecule has 1 aromatic carbocycles. The van der Waals surface area contributed by atoms with Crippen molar-refractivity contribution in [3.8, 4) is 0 Å². The zero-order valence-corrected chi connectivity index (χ0v) is 13.2. The number of fused-ring (bicyclic) bond motifs is 1. The number of rotatable bonds is 6. The Balaban J connectivity index is 1.41. The van der Waals surface area contributed by atoms with E-state index in [0.29, 0.717) is 12.3 Å². The molecule has 0 bridgehead atoms. The van der Waals surface area contributed by atoms with Crippen LogP contribution in [-0.4, -0.2) is 16.6 Å². The summed E-state index contributed by atoms with van der Waals surface area (Å²) in [6.07, 6.45) is 1.78. The lowest BCUT2D eigenvalue weighted by Gasteiger charge is -2.07. The third-order valence-electron chi connectivity index (χ3n) is 3.60. The molecule has 1 amide bonds. The first-order valence-corrected chi connectivity index (χ1v) is 8.52. The van der Waals surface area contributed by atoms with E-state index in [1.807, 2.05) is 18.2 Å². The number of carbonyl (C=O) groups is 1. The van der Waals surface area contributed by atoms with Crippen LogP contribution in [-0.2, 0) is 30.2 Å². The van der Waals surface area contributed by atoms with Gasteiger partial charge in [-0.1, -0.05) is 24.3 Å². The first kappa shape index (κ1) is 15.1. The van der Waals surface area contributed by atoms with Crippen LogP contribution in [0.15, 0.2) is 42.6 Å². The van der Waals surface area contributed by atoms with Crippen LogP contribution in [0.25, 0.3) is 0 Å². The molecule has 0 saturated heterocycles. The largest absolute Gasteiger partial charge is 0.351 e. The fourth-order valence-corrected chi connectivity index (χ4v) is 3.21. The number of benzene rings is 1. The van der Waals surface area contributed by atoms with Gasteiger partial charge in [-0.25, -0.2) is 0 Å². The SMILES string of the molecule is O=C(CSCc1ccccn1)NCc1ccc2c(c1)CNC2. The van der Waals surface area contributed by atoms with E-state index in [1.54, 1.807) is 18.0 Å². The van der Waals surface area contributed by atoms with Crippen LogP contribution in [0.5, 0.6) is 0 Å². The lowest BCUT2D eigenvalue weighted by atomic mass is 10.1. The summed E-state index contributed by atoms with van der Waals surface area (Å²) in [6.45, 7) is 2.47. The summed E-state index contributed by atoms with van der Waals surface area (Å²) >= 11 is 1.59. The van der Waals surface area contributed by atoms with Crippen molar-refractivity contribution in [3.63, 3.8) is 0 Å². The minimum absolute atomic E-state index is 0.0690. The molecule has 2 N–H and O–H groups in total. The molecule has 2 heterocycles. The number of pyridine rings is 1. The Labute approximate surface area is 134 Å². The maximum absolute atomic E-state index is 11.9. The van der Waals surface area contributed by atoms with E-state index in [-0.39, 0.29) is 5.91 Å². The van der Waals surface area contributed by atoms with Gasteiger partial charge in [-0.2, -0.15) is 0 Å². The zero-order valence-electron chi connectivity index (χ0n) is 12.3. The van der Waals surface area contributed by atoms with Crippen molar-refractivity contribution in [2.45, 2.75) is 25.4 Å². The van der Waals surface area contributed by atoms with Gasteiger partial charge in [0.05, 0.1) is 11.4 Å². The third kappa shape index (κ3) is 4.08. The topological polar surface area (TPSA) is 54.0 Å². The van der Waals surface area contributed by atoms with Crippen LogP contribution in [0, 0.1) is 0 Å². The number of thioether (sulfide) groups is 1. The van der Waals surface area contributed by atoms with Gasteiger partial charge in [0, 0.05) is 31.6 Å². The summed E-state index contributed by atoms with van der Waals surface area (Å²) in [7, 11) is 0. The highest BCUT2D eigenvalue weighted by Crippen LogP contribution is 2.17. The summed E-state index contributed by atoms with van der Waals surface area (Å²) in [5.41, 5.74) is 4.87. The minimum Gasteiger partial charge on any atom is -0.351 e. The van der Waals surface area contributed by atoms with E-state index in [2.05, 4.69) is 33.8 Å².